The van der Waals surface area contributed by atoms with E-state index in [0.29, 0.717) is 27.0 Å². The summed E-state index contributed by atoms with van der Waals surface area (Å²) in [5.74, 6) is -0.889. The van der Waals surface area contributed by atoms with Crippen LogP contribution in [-0.2, 0) is 11.2 Å². The van der Waals surface area contributed by atoms with E-state index in [2.05, 4.69) is 5.32 Å². The van der Waals surface area contributed by atoms with Crippen LogP contribution < -0.4 is 5.32 Å². The first-order valence-electron chi connectivity index (χ1n) is 6.58. The molecule has 0 atom stereocenters. The zero-order valence-corrected chi connectivity index (χ0v) is 13.4. The molecule has 21 heavy (non-hydrogen) atoms. The number of carboxylic acids is 1. The van der Waals surface area contributed by atoms with Gasteiger partial charge < -0.3 is 10.4 Å². The smallest absolute Gasteiger partial charge is 0.307 e. The van der Waals surface area contributed by atoms with Gasteiger partial charge in [0.05, 0.1) is 22.2 Å². The van der Waals surface area contributed by atoms with Gasteiger partial charge in [0.2, 0.25) is 0 Å². The van der Waals surface area contributed by atoms with E-state index in [1.165, 1.54) is 0 Å². The molecule has 0 saturated heterocycles. The Bertz CT molecular complexity index is 595. The Hall–Kier alpha value is -1.71. The summed E-state index contributed by atoms with van der Waals surface area (Å²) in [5.41, 5.74) is 1.93. The Kier molecular flexibility index (Phi) is 7.06. The van der Waals surface area contributed by atoms with Gasteiger partial charge in [-0.25, -0.2) is 0 Å². The molecule has 2 rings (SSSR count). The summed E-state index contributed by atoms with van der Waals surface area (Å²) in [6.45, 7) is 4.00. The van der Waals surface area contributed by atoms with Crippen LogP contribution in [0.25, 0.3) is 0 Å². The molecule has 0 heterocycles. The SMILES string of the molecule is CC.O=C(O)Cc1ccccc1Nc1c(Cl)cccc1Cl. The van der Waals surface area contributed by atoms with Crippen LogP contribution >= 0.6 is 23.2 Å². The van der Waals surface area contributed by atoms with Gasteiger partial charge in [0.1, 0.15) is 0 Å². The normalized spacial score (nSPS) is 9.52. The maximum atomic E-state index is 10.8. The summed E-state index contributed by atoms with van der Waals surface area (Å²) in [7, 11) is 0. The molecule has 0 aliphatic carbocycles. The highest BCUT2D eigenvalue weighted by Gasteiger charge is 2.10. The molecule has 0 bridgehead atoms. The quantitative estimate of drug-likeness (QED) is 0.792. The number of hydrogen-bond donors (Lipinski definition) is 2. The topological polar surface area (TPSA) is 49.3 Å². The minimum Gasteiger partial charge on any atom is -0.481 e. The third-order valence-corrected chi connectivity index (χ3v) is 3.21. The standard InChI is InChI=1S/C14H11Cl2NO2.C2H6/c15-10-5-3-6-11(16)14(10)17-12-7-2-1-4-9(12)8-13(18)19;1-2/h1-7,17H,8H2,(H,18,19);1-2H3. The number of carboxylic acid groups (broad SMARTS) is 1. The molecule has 0 radical (unpaired) electrons. The van der Waals surface area contributed by atoms with Crippen LogP contribution in [0.5, 0.6) is 0 Å². The maximum Gasteiger partial charge on any atom is 0.307 e. The number of hydrogen-bond acceptors (Lipinski definition) is 2. The van der Waals surface area contributed by atoms with E-state index in [-0.39, 0.29) is 6.42 Å². The number of rotatable bonds is 4. The largest absolute Gasteiger partial charge is 0.481 e. The molecule has 2 aromatic carbocycles. The second-order valence-electron chi connectivity index (χ2n) is 3.95. The zero-order valence-electron chi connectivity index (χ0n) is 11.9. The molecule has 3 nitrogen and oxygen atoms in total. The highest BCUT2D eigenvalue weighted by molar-refractivity contribution is 6.39. The molecule has 112 valence electrons. The fourth-order valence-electron chi connectivity index (χ4n) is 1.71. The van der Waals surface area contributed by atoms with Gasteiger partial charge >= 0.3 is 5.97 Å². The Morgan fingerprint density at radius 2 is 1.62 bits per heavy atom. The van der Waals surface area contributed by atoms with Crippen molar-refractivity contribution in [3.05, 3.63) is 58.1 Å². The molecule has 0 unspecified atom stereocenters. The van der Waals surface area contributed by atoms with E-state index in [1.807, 2.05) is 19.9 Å². The van der Waals surface area contributed by atoms with Crippen LogP contribution in [0.15, 0.2) is 42.5 Å². The molecule has 0 fully saturated rings. The Balaban J connectivity index is 0.00000106. The first-order chi connectivity index (χ1) is 10.1. The molecule has 2 aromatic rings. The third-order valence-electron chi connectivity index (χ3n) is 2.58. The molecule has 0 saturated carbocycles. The zero-order chi connectivity index (χ0) is 15.8. The molecule has 2 N–H and O–H groups in total. The summed E-state index contributed by atoms with van der Waals surface area (Å²) in [6, 6.07) is 12.3. The summed E-state index contributed by atoms with van der Waals surface area (Å²) < 4.78 is 0. The Morgan fingerprint density at radius 3 is 2.19 bits per heavy atom. The lowest BCUT2D eigenvalue weighted by molar-refractivity contribution is -0.136. The van der Waals surface area contributed by atoms with Gasteiger partial charge in [0.25, 0.3) is 0 Å². The van der Waals surface area contributed by atoms with E-state index in [1.54, 1.807) is 36.4 Å². The van der Waals surface area contributed by atoms with Crippen molar-refractivity contribution in [3.8, 4) is 0 Å². The maximum absolute atomic E-state index is 10.8. The third kappa shape index (κ3) is 4.96. The van der Waals surface area contributed by atoms with E-state index in [9.17, 15) is 4.79 Å². The first kappa shape index (κ1) is 17.3. The van der Waals surface area contributed by atoms with E-state index < -0.39 is 5.97 Å². The van der Waals surface area contributed by atoms with E-state index >= 15 is 0 Å². The number of benzene rings is 2. The van der Waals surface area contributed by atoms with E-state index in [4.69, 9.17) is 28.3 Å². The van der Waals surface area contributed by atoms with Crippen molar-refractivity contribution >= 4 is 40.5 Å². The van der Waals surface area contributed by atoms with Crippen LogP contribution in [0.1, 0.15) is 19.4 Å². The van der Waals surface area contributed by atoms with Crippen molar-refractivity contribution in [2.24, 2.45) is 0 Å². The minimum atomic E-state index is -0.889. The number of halogens is 2. The van der Waals surface area contributed by atoms with Crippen molar-refractivity contribution in [1.82, 2.24) is 0 Å². The highest BCUT2D eigenvalue weighted by Crippen LogP contribution is 2.33. The second-order valence-corrected chi connectivity index (χ2v) is 4.76. The van der Waals surface area contributed by atoms with Crippen molar-refractivity contribution < 1.29 is 9.90 Å². The predicted molar refractivity (Wildman–Crippen MR) is 88.9 cm³/mol. The molecule has 0 aliphatic heterocycles. The van der Waals surface area contributed by atoms with Crippen LogP contribution in [0.3, 0.4) is 0 Å². The van der Waals surface area contributed by atoms with Crippen molar-refractivity contribution in [2.45, 2.75) is 20.3 Å². The highest BCUT2D eigenvalue weighted by atomic mass is 35.5. The van der Waals surface area contributed by atoms with Gasteiger partial charge in [-0.1, -0.05) is 61.3 Å². The summed E-state index contributed by atoms with van der Waals surface area (Å²) in [5, 5.41) is 12.9. The van der Waals surface area contributed by atoms with E-state index in [0.717, 1.165) is 0 Å². The van der Waals surface area contributed by atoms with Gasteiger partial charge in [-0.3, -0.25) is 4.79 Å². The predicted octanol–water partition coefficient (Wildman–Crippen LogP) is 5.39. The minimum absolute atomic E-state index is 0.0642. The first-order valence-corrected chi connectivity index (χ1v) is 7.34. The van der Waals surface area contributed by atoms with Gasteiger partial charge in [0, 0.05) is 5.69 Å². The number of carbonyl (C=O) groups is 1. The average Bonchev–Trinajstić information content (AvgIpc) is 2.46. The fraction of sp³-hybridized carbons (Fsp3) is 0.188. The average molecular weight is 326 g/mol. The molecule has 0 aromatic heterocycles. The molecule has 0 spiro atoms. The number of para-hydroxylation sites is 2. The summed E-state index contributed by atoms with van der Waals surface area (Å²) >= 11 is 12.1. The van der Waals surface area contributed by atoms with Gasteiger partial charge in [-0.15, -0.1) is 0 Å². The van der Waals surface area contributed by atoms with Gasteiger partial charge in [-0.2, -0.15) is 0 Å². The van der Waals surface area contributed by atoms with Crippen LogP contribution in [0.2, 0.25) is 10.0 Å². The molecular weight excluding hydrogens is 309 g/mol. The lowest BCUT2D eigenvalue weighted by Crippen LogP contribution is -2.04. The Morgan fingerprint density at radius 1 is 1.05 bits per heavy atom. The number of aliphatic carboxylic acids is 1. The second kappa shape index (κ2) is 8.55. The lowest BCUT2D eigenvalue weighted by atomic mass is 10.1. The molecule has 0 aliphatic rings. The van der Waals surface area contributed by atoms with Crippen LogP contribution in [0, 0.1) is 0 Å². The van der Waals surface area contributed by atoms with Gasteiger partial charge in [-0.05, 0) is 23.8 Å². The Labute approximate surface area is 134 Å². The van der Waals surface area contributed by atoms with Crippen LogP contribution in [-0.4, -0.2) is 11.1 Å². The summed E-state index contributed by atoms with van der Waals surface area (Å²) in [6.07, 6.45) is -0.0642. The van der Waals surface area contributed by atoms with Crippen molar-refractivity contribution in [3.63, 3.8) is 0 Å². The molecule has 0 amide bonds. The van der Waals surface area contributed by atoms with Crippen molar-refractivity contribution in [2.75, 3.05) is 5.32 Å². The van der Waals surface area contributed by atoms with Crippen LogP contribution in [0.4, 0.5) is 11.4 Å². The lowest BCUT2D eigenvalue weighted by Gasteiger charge is -2.13. The van der Waals surface area contributed by atoms with Gasteiger partial charge in [0.15, 0.2) is 0 Å². The molecule has 5 heteroatoms. The monoisotopic (exact) mass is 325 g/mol. The molecular formula is C16H17Cl2NO2. The van der Waals surface area contributed by atoms with Crippen molar-refractivity contribution in [1.29, 1.82) is 0 Å². The number of nitrogens with one attached hydrogen (secondary N) is 1. The fourth-order valence-corrected chi connectivity index (χ4v) is 2.20. The number of anilines is 2. The summed E-state index contributed by atoms with van der Waals surface area (Å²) in [4.78, 5) is 10.8.